The molecule has 0 saturated heterocycles. The van der Waals surface area contributed by atoms with Crippen molar-refractivity contribution in [1.29, 1.82) is 5.26 Å². The molecule has 2 rings (SSSR count). The van der Waals surface area contributed by atoms with Gasteiger partial charge in [-0.25, -0.2) is 4.98 Å². The zero-order valence-electron chi connectivity index (χ0n) is 9.42. The van der Waals surface area contributed by atoms with Gasteiger partial charge in [0.05, 0.1) is 0 Å². The molecule has 0 aliphatic carbocycles. The third kappa shape index (κ3) is 2.62. The summed E-state index contributed by atoms with van der Waals surface area (Å²) in [6, 6.07) is 12.1. The number of amides is 1. The highest BCUT2D eigenvalue weighted by Crippen LogP contribution is 2.17. The molecule has 1 heterocycles. The van der Waals surface area contributed by atoms with E-state index >= 15 is 0 Å². The van der Waals surface area contributed by atoms with Crippen molar-refractivity contribution in [3.05, 3.63) is 53.9 Å². The van der Waals surface area contributed by atoms with Crippen molar-refractivity contribution in [2.24, 2.45) is 5.73 Å². The van der Waals surface area contributed by atoms with Gasteiger partial charge in [-0.1, -0.05) is 6.07 Å². The third-order valence-electron chi connectivity index (χ3n) is 2.31. The Bertz CT molecular complexity index is 631. The lowest BCUT2D eigenvalue weighted by atomic mass is 10.2. The summed E-state index contributed by atoms with van der Waals surface area (Å²) in [5.41, 5.74) is 7.40. The molecule has 2 aromatic rings. The lowest BCUT2D eigenvalue weighted by Crippen LogP contribution is -2.10. The van der Waals surface area contributed by atoms with Crippen molar-refractivity contribution in [2.75, 3.05) is 5.32 Å². The number of rotatable bonds is 3. The van der Waals surface area contributed by atoms with E-state index in [9.17, 15) is 4.79 Å². The minimum atomic E-state index is -0.480. The Morgan fingerprint density at radius 2 is 2.06 bits per heavy atom. The molecular weight excluding hydrogens is 228 g/mol. The number of aromatic nitrogens is 1. The summed E-state index contributed by atoms with van der Waals surface area (Å²) in [5, 5.41) is 11.8. The summed E-state index contributed by atoms with van der Waals surface area (Å²) in [6.45, 7) is 0. The van der Waals surface area contributed by atoms with Gasteiger partial charge in [0.1, 0.15) is 11.8 Å². The number of pyridine rings is 1. The largest absolute Gasteiger partial charge is 0.366 e. The van der Waals surface area contributed by atoms with E-state index < -0.39 is 5.91 Å². The molecule has 0 unspecified atom stereocenters. The summed E-state index contributed by atoms with van der Waals surface area (Å²) in [6.07, 6.45) is 1.54. The number of anilines is 2. The number of benzene rings is 1. The van der Waals surface area contributed by atoms with Crippen LogP contribution >= 0.6 is 0 Å². The minimum Gasteiger partial charge on any atom is -0.366 e. The van der Waals surface area contributed by atoms with Crippen LogP contribution in [0.15, 0.2) is 42.6 Å². The number of nitriles is 1. The van der Waals surface area contributed by atoms with Crippen LogP contribution in [-0.4, -0.2) is 10.9 Å². The predicted octanol–water partition coefficient (Wildman–Crippen LogP) is 1.80. The van der Waals surface area contributed by atoms with Crippen LogP contribution in [0.25, 0.3) is 0 Å². The van der Waals surface area contributed by atoms with E-state index in [1.807, 2.05) is 6.07 Å². The van der Waals surface area contributed by atoms with Crippen molar-refractivity contribution in [3.8, 4) is 6.07 Å². The second-order valence-electron chi connectivity index (χ2n) is 3.61. The van der Waals surface area contributed by atoms with Crippen LogP contribution < -0.4 is 11.1 Å². The van der Waals surface area contributed by atoms with Crippen LogP contribution in [0.2, 0.25) is 0 Å². The fraction of sp³-hybridized carbons (Fsp3) is 0. The smallest absolute Gasteiger partial charge is 0.248 e. The normalized spacial score (nSPS) is 9.50. The van der Waals surface area contributed by atoms with Crippen LogP contribution in [-0.2, 0) is 0 Å². The molecule has 88 valence electrons. The van der Waals surface area contributed by atoms with Crippen LogP contribution in [0.4, 0.5) is 11.4 Å². The molecule has 0 aliphatic rings. The summed E-state index contributed by atoms with van der Waals surface area (Å²) < 4.78 is 0. The second-order valence-corrected chi connectivity index (χ2v) is 3.61. The molecule has 1 amide bonds. The van der Waals surface area contributed by atoms with E-state index in [1.165, 1.54) is 0 Å². The van der Waals surface area contributed by atoms with E-state index in [1.54, 1.807) is 42.6 Å². The first kappa shape index (κ1) is 11.6. The maximum atomic E-state index is 11.0. The monoisotopic (exact) mass is 238 g/mol. The zero-order chi connectivity index (χ0) is 13.0. The minimum absolute atomic E-state index is 0.325. The molecule has 0 saturated carbocycles. The summed E-state index contributed by atoms with van der Waals surface area (Å²) in [5.74, 6) is -0.480. The molecule has 0 spiro atoms. The van der Waals surface area contributed by atoms with E-state index in [-0.39, 0.29) is 0 Å². The van der Waals surface area contributed by atoms with Gasteiger partial charge in [0.2, 0.25) is 5.91 Å². The standard InChI is InChI=1S/C13H10N4O/c14-8-12-7-11(4-5-16-12)17-10-3-1-2-9(6-10)13(15)18/h1-7H,(H2,15,18)(H,16,17). The number of carbonyl (C=O) groups excluding carboxylic acids is 1. The Kier molecular flexibility index (Phi) is 3.21. The van der Waals surface area contributed by atoms with Crippen molar-refractivity contribution < 1.29 is 4.79 Å². The molecule has 0 fully saturated rings. The lowest BCUT2D eigenvalue weighted by molar-refractivity contribution is 0.100. The number of nitrogens with one attached hydrogen (secondary N) is 1. The van der Waals surface area contributed by atoms with Gasteiger partial charge in [0.15, 0.2) is 0 Å². The molecule has 1 aromatic heterocycles. The summed E-state index contributed by atoms with van der Waals surface area (Å²) in [7, 11) is 0. The Hall–Kier alpha value is -2.87. The fourth-order valence-corrected chi connectivity index (χ4v) is 1.49. The van der Waals surface area contributed by atoms with Gasteiger partial charge >= 0.3 is 0 Å². The van der Waals surface area contributed by atoms with E-state index in [4.69, 9.17) is 11.0 Å². The second kappa shape index (κ2) is 4.97. The molecule has 5 nitrogen and oxygen atoms in total. The Balaban J connectivity index is 2.26. The van der Waals surface area contributed by atoms with Gasteiger partial charge in [0.25, 0.3) is 0 Å². The van der Waals surface area contributed by atoms with Gasteiger partial charge in [0, 0.05) is 23.1 Å². The number of nitrogens with zero attached hydrogens (tertiary/aromatic N) is 2. The van der Waals surface area contributed by atoms with Crippen LogP contribution in [0, 0.1) is 11.3 Å². The summed E-state index contributed by atoms with van der Waals surface area (Å²) in [4.78, 5) is 14.9. The Labute approximate surface area is 104 Å². The first-order valence-corrected chi connectivity index (χ1v) is 5.22. The first-order valence-electron chi connectivity index (χ1n) is 5.22. The van der Waals surface area contributed by atoms with Gasteiger partial charge in [-0.05, 0) is 30.3 Å². The topological polar surface area (TPSA) is 91.8 Å². The number of nitrogens with two attached hydrogens (primary N) is 1. The highest BCUT2D eigenvalue weighted by molar-refractivity contribution is 5.93. The molecule has 3 N–H and O–H groups in total. The van der Waals surface area contributed by atoms with Gasteiger partial charge in [-0.2, -0.15) is 5.26 Å². The summed E-state index contributed by atoms with van der Waals surface area (Å²) >= 11 is 0. The number of primary amides is 1. The highest BCUT2D eigenvalue weighted by Gasteiger charge is 2.02. The molecule has 5 heteroatoms. The number of hydrogen-bond donors (Lipinski definition) is 2. The molecule has 0 atom stereocenters. The number of hydrogen-bond acceptors (Lipinski definition) is 4. The molecule has 0 bridgehead atoms. The Morgan fingerprint density at radius 3 is 2.78 bits per heavy atom. The molecule has 1 aromatic carbocycles. The van der Waals surface area contributed by atoms with E-state index in [0.29, 0.717) is 11.3 Å². The lowest BCUT2D eigenvalue weighted by Gasteiger charge is -2.07. The zero-order valence-corrected chi connectivity index (χ0v) is 9.42. The van der Waals surface area contributed by atoms with Crippen molar-refractivity contribution in [2.45, 2.75) is 0 Å². The van der Waals surface area contributed by atoms with E-state index in [0.717, 1.165) is 11.4 Å². The van der Waals surface area contributed by atoms with Crippen molar-refractivity contribution in [1.82, 2.24) is 4.98 Å². The van der Waals surface area contributed by atoms with Crippen LogP contribution in [0.5, 0.6) is 0 Å². The maximum absolute atomic E-state index is 11.0. The highest BCUT2D eigenvalue weighted by atomic mass is 16.1. The average molecular weight is 238 g/mol. The van der Waals surface area contributed by atoms with Gasteiger partial charge in [-0.3, -0.25) is 4.79 Å². The van der Waals surface area contributed by atoms with Crippen molar-refractivity contribution >= 4 is 17.3 Å². The van der Waals surface area contributed by atoms with Crippen molar-refractivity contribution in [3.63, 3.8) is 0 Å². The fourth-order valence-electron chi connectivity index (χ4n) is 1.49. The quantitative estimate of drug-likeness (QED) is 0.852. The predicted molar refractivity (Wildman–Crippen MR) is 67.2 cm³/mol. The Morgan fingerprint density at radius 1 is 1.28 bits per heavy atom. The molecule has 18 heavy (non-hydrogen) atoms. The average Bonchev–Trinajstić information content (AvgIpc) is 2.39. The first-order chi connectivity index (χ1) is 8.69. The van der Waals surface area contributed by atoms with Gasteiger partial charge < -0.3 is 11.1 Å². The van der Waals surface area contributed by atoms with Crippen LogP contribution in [0.1, 0.15) is 16.1 Å². The molecule has 0 radical (unpaired) electrons. The molecular formula is C13H10N4O. The molecule has 0 aliphatic heterocycles. The van der Waals surface area contributed by atoms with E-state index in [2.05, 4.69) is 10.3 Å². The SMILES string of the molecule is N#Cc1cc(Nc2cccc(C(N)=O)c2)ccn1. The number of carbonyl (C=O) groups is 1. The maximum Gasteiger partial charge on any atom is 0.248 e. The van der Waals surface area contributed by atoms with Crippen LogP contribution in [0.3, 0.4) is 0 Å². The van der Waals surface area contributed by atoms with Gasteiger partial charge in [-0.15, -0.1) is 0 Å². The third-order valence-corrected chi connectivity index (χ3v) is 2.31.